The maximum atomic E-state index is 9.18. The lowest BCUT2D eigenvalue weighted by molar-refractivity contribution is 0.119. The van der Waals surface area contributed by atoms with Crippen molar-refractivity contribution in [1.29, 1.82) is 0 Å². The van der Waals surface area contributed by atoms with Gasteiger partial charge in [-0.1, -0.05) is 50.6 Å². The molecule has 0 fully saturated rings. The van der Waals surface area contributed by atoms with E-state index in [9.17, 15) is 5.11 Å². The summed E-state index contributed by atoms with van der Waals surface area (Å²) in [6.45, 7) is 8.66. The molecule has 0 aliphatic carbocycles. The molecule has 0 spiro atoms. The summed E-state index contributed by atoms with van der Waals surface area (Å²) >= 11 is 0. The van der Waals surface area contributed by atoms with E-state index < -0.39 is 0 Å². The van der Waals surface area contributed by atoms with Gasteiger partial charge in [0.15, 0.2) is 0 Å². The molecular formula is C15H25NO. The van der Waals surface area contributed by atoms with Crippen molar-refractivity contribution in [1.82, 2.24) is 4.90 Å². The van der Waals surface area contributed by atoms with Crippen molar-refractivity contribution in [2.24, 2.45) is 5.92 Å². The van der Waals surface area contributed by atoms with Gasteiger partial charge in [-0.25, -0.2) is 0 Å². The van der Waals surface area contributed by atoms with E-state index in [1.165, 1.54) is 12.0 Å². The molecule has 17 heavy (non-hydrogen) atoms. The summed E-state index contributed by atoms with van der Waals surface area (Å²) in [7, 11) is 0. The predicted octanol–water partition coefficient (Wildman–Crippen LogP) is 2.92. The Labute approximate surface area is 105 Å². The molecule has 0 aliphatic rings. The number of nitrogens with zero attached hydrogens (tertiary/aromatic N) is 1. The third kappa shape index (κ3) is 4.49. The van der Waals surface area contributed by atoms with Crippen molar-refractivity contribution in [3.8, 4) is 0 Å². The molecule has 0 saturated carbocycles. The van der Waals surface area contributed by atoms with E-state index in [4.69, 9.17) is 0 Å². The highest BCUT2D eigenvalue weighted by atomic mass is 16.3. The maximum Gasteiger partial charge on any atom is 0.0558 e. The fourth-order valence-electron chi connectivity index (χ4n) is 2.07. The fourth-order valence-corrected chi connectivity index (χ4v) is 2.07. The summed E-state index contributed by atoms with van der Waals surface area (Å²) in [5.41, 5.74) is 1.32. The number of aliphatic hydroxyl groups is 1. The second kappa shape index (κ2) is 7.46. The zero-order valence-corrected chi connectivity index (χ0v) is 11.3. The van der Waals surface area contributed by atoms with Gasteiger partial charge in [0.05, 0.1) is 6.61 Å². The Hall–Kier alpha value is -0.860. The Kier molecular flexibility index (Phi) is 6.23. The van der Waals surface area contributed by atoms with Gasteiger partial charge < -0.3 is 5.11 Å². The van der Waals surface area contributed by atoms with Crippen molar-refractivity contribution >= 4 is 0 Å². The average molecular weight is 235 g/mol. The number of aliphatic hydroxyl groups excluding tert-OH is 1. The molecule has 0 aromatic heterocycles. The molecule has 1 rings (SSSR count). The van der Waals surface area contributed by atoms with E-state index in [1.54, 1.807) is 0 Å². The van der Waals surface area contributed by atoms with E-state index in [0.29, 0.717) is 12.0 Å². The van der Waals surface area contributed by atoms with Gasteiger partial charge in [0.1, 0.15) is 0 Å². The molecule has 0 heterocycles. The molecule has 0 radical (unpaired) electrons. The number of rotatable bonds is 7. The summed E-state index contributed by atoms with van der Waals surface area (Å²) in [5.74, 6) is 0.658. The first-order chi connectivity index (χ1) is 8.19. The first kappa shape index (κ1) is 14.2. The van der Waals surface area contributed by atoms with E-state index >= 15 is 0 Å². The highest BCUT2D eigenvalue weighted by molar-refractivity contribution is 5.14. The van der Waals surface area contributed by atoms with Crippen LogP contribution >= 0.6 is 0 Å². The molecule has 2 atom stereocenters. The van der Waals surface area contributed by atoms with Crippen LogP contribution in [0.25, 0.3) is 0 Å². The lowest BCUT2D eigenvalue weighted by atomic mass is 9.98. The molecule has 0 bridgehead atoms. The number of benzene rings is 1. The van der Waals surface area contributed by atoms with Gasteiger partial charge in [-0.15, -0.1) is 0 Å². The summed E-state index contributed by atoms with van der Waals surface area (Å²) < 4.78 is 0. The smallest absolute Gasteiger partial charge is 0.0558 e. The standard InChI is InChI=1S/C15H25NO/c1-4-13(2)14(3)16(10-11-17)12-15-8-6-5-7-9-15/h5-9,13-14,17H,4,10-12H2,1-3H3. The topological polar surface area (TPSA) is 23.5 Å². The largest absolute Gasteiger partial charge is 0.395 e. The van der Waals surface area contributed by atoms with Crippen LogP contribution < -0.4 is 0 Å². The van der Waals surface area contributed by atoms with Crippen molar-refractivity contribution in [3.63, 3.8) is 0 Å². The Balaban J connectivity index is 2.66. The fraction of sp³-hybridized carbons (Fsp3) is 0.600. The highest BCUT2D eigenvalue weighted by Crippen LogP contribution is 2.16. The van der Waals surface area contributed by atoms with Crippen LogP contribution in [0.5, 0.6) is 0 Å². The van der Waals surface area contributed by atoms with Crippen molar-refractivity contribution < 1.29 is 5.11 Å². The zero-order chi connectivity index (χ0) is 12.7. The normalized spacial score (nSPS) is 14.9. The SMILES string of the molecule is CCC(C)C(C)N(CCO)Cc1ccccc1. The van der Waals surface area contributed by atoms with Crippen LogP contribution in [0.15, 0.2) is 30.3 Å². The Bertz CT molecular complexity index is 299. The second-order valence-electron chi connectivity index (χ2n) is 4.81. The Morgan fingerprint density at radius 1 is 1.18 bits per heavy atom. The van der Waals surface area contributed by atoms with E-state index in [-0.39, 0.29) is 6.61 Å². The Morgan fingerprint density at radius 2 is 1.82 bits per heavy atom. The molecule has 0 saturated heterocycles. The van der Waals surface area contributed by atoms with Gasteiger partial charge in [0, 0.05) is 19.1 Å². The summed E-state index contributed by atoms with van der Waals surface area (Å²) in [4.78, 5) is 2.36. The average Bonchev–Trinajstić information content (AvgIpc) is 2.37. The summed E-state index contributed by atoms with van der Waals surface area (Å²) in [5, 5.41) is 9.18. The molecule has 2 nitrogen and oxygen atoms in total. The molecule has 1 aromatic rings. The van der Waals surface area contributed by atoms with Crippen molar-refractivity contribution in [3.05, 3.63) is 35.9 Å². The third-order valence-electron chi connectivity index (χ3n) is 3.66. The van der Waals surface area contributed by atoms with Gasteiger partial charge >= 0.3 is 0 Å². The van der Waals surface area contributed by atoms with Gasteiger partial charge in [0.25, 0.3) is 0 Å². The van der Waals surface area contributed by atoms with Gasteiger partial charge in [0.2, 0.25) is 0 Å². The third-order valence-corrected chi connectivity index (χ3v) is 3.66. The minimum absolute atomic E-state index is 0.230. The van der Waals surface area contributed by atoms with Crippen LogP contribution in [0.1, 0.15) is 32.8 Å². The van der Waals surface area contributed by atoms with Gasteiger partial charge in [-0.2, -0.15) is 0 Å². The van der Waals surface area contributed by atoms with Crippen LogP contribution in [0.3, 0.4) is 0 Å². The predicted molar refractivity (Wildman–Crippen MR) is 72.9 cm³/mol. The minimum Gasteiger partial charge on any atom is -0.395 e. The highest BCUT2D eigenvalue weighted by Gasteiger charge is 2.18. The molecule has 2 heteroatoms. The summed E-state index contributed by atoms with van der Waals surface area (Å²) in [6, 6.07) is 11.0. The van der Waals surface area contributed by atoms with Gasteiger partial charge in [-0.3, -0.25) is 4.90 Å². The molecule has 0 amide bonds. The van der Waals surface area contributed by atoms with Crippen LogP contribution in [-0.2, 0) is 6.54 Å². The van der Waals surface area contributed by atoms with Gasteiger partial charge in [-0.05, 0) is 18.4 Å². The monoisotopic (exact) mass is 235 g/mol. The van der Waals surface area contributed by atoms with E-state index in [1.807, 2.05) is 6.07 Å². The molecule has 96 valence electrons. The first-order valence-electron chi connectivity index (χ1n) is 6.57. The van der Waals surface area contributed by atoms with Crippen LogP contribution in [0.4, 0.5) is 0 Å². The van der Waals surface area contributed by atoms with Crippen LogP contribution in [0, 0.1) is 5.92 Å². The molecular weight excluding hydrogens is 210 g/mol. The second-order valence-corrected chi connectivity index (χ2v) is 4.81. The van der Waals surface area contributed by atoms with Crippen molar-refractivity contribution in [2.75, 3.05) is 13.2 Å². The minimum atomic E-state index is 0.230. The lowest BCUT2D eigenvalue weighted by Gasteiger charge is -2.32. The molecule has 1 N–H and O–H groups in total. The van der Waals surface area contributed by atoms with Crippen molar-refractivity contribution in [2.45, 2.75) is 39.8 Å². The van der Waals surface area contributed by atoms with Crippen LogP contribution in [-0.4, -0.2) is 29.2 Å². The molecule has 1 aromatic carbocycles. The Morgan fingerprint density at radius 3 is 2.35 bits per heavy atom. The first-order valence-corrected chi connectivity index (χ1v) is 6.57. The maximum absolute atomic E-state index is 9.18. The zero-order valence-electron chi connectivity index (χ0n) is 11.3. The number of hydrogen-bond donors (Lipinski definition) is 1. The van der Waals surface area contributed by atoms with Crippen LogP contribution in [0.2, 0.25) is 0 Å². The van der Waals surface area contributed by atoms with E-state index in [0.717, 1.165) is 13.1 Å². The quantitative estimate of drug-likeness (QED) is 0.785. The molecule has 2 unspecified atom stereocenters. The summed E-state index contributed by atoms with van der Waals surface area (Å²) in [6.07, 6.45) is 1.18. The number of hydrogen-bond acceptors (Lipinski definition) is 2. The molecule has 0 aliphatic heterocycles. The lowest BCUT2D eigenvalue weighted by Crippen LogP contribution is -2.38. The van der Waals surface area contributed by atoms with E-state index in [2.05, 4.69) is 49.9 Å².